The van der Waals surface area contributed by atoms with Gasteiger partial charge in [-0.1, -0.05) is 30.3 Å². The van der Waals surface area contributed by atoms with Gasteiger partial charge in [-0.3, -0.25) is 0 Å². The Balaban J connectivity index is 1.76. The van der Waals surface area contributed by atoms with Gasteiger partial charge < -0.3 is 9.22 Å². The van der Waals surface area contributed by atoms with Crippen LogP contribution < -0.4 is 0 Å². The Labute approximate surface area is 98.4 Å². The van der Waals surface area contributed by atoms with Gasteiger partial charge in [-0.15, -0.1) is 0 Å². The molecule has 0 amide bonds. The van der Waals surface area contributed by atoms with E-state index >= 15 is 0 Å². The van der Waals surface area contributed by atoms with E-state index in [0.29, 0.717) is 6.04 Å². The number of ether oxygens (including phenoxy) is 1. The second-order valence-electron chi connectivity index (χ2n) is 5.30. The van der Waals surface area contributed by atoms with E-state index in [1.807, 2.05) is 6.07 Å². The molecule has 1 heterocycles. The van der Waals surface area contributed by atoms with Crippen molar-refractivity contribution in [2.24, 2.45) is 0 Å². The lowest BCUT2D eigenvalue weighted by molar-refractivity contribution is -0.902. The molecule has 1 aromatic rings. The van der Waals surface area contributed by atoms with E-state index < -0.39 is 0 Å². The normalized spacial score (nSPS) is 23.5. The third kappa shape index (κ3) is 2.83. The quantitative estimate of drug-likeness (QED) is 0.708. The fraction of sp³-hybridized carbons (Fsp3) is 0.571. The van der Waals surface area contributed by atoms with Crippen LogP contribution in [-0.2, 0) is 11.3 Å². The first-order chi connectivity index (χ1) is 7.68. The van der Waals surface area contributed by atoms with Crippen LogP contribution in [0.3, 0.4) is 0 Å². The van der Waals surface area contributed by atoms with Gasteiger partial charge in [-0.2, -0.15) is 0 Å². The molecule has 0 bridgehead atoms. The molecule has 2 rings (SSSR count). The Morgan fingerprint density at radius 3 is 2.62 bits per heavy atom. The van der Waals surface area contributed by atoms with Crippen molar-refractivity contribution in [1.82, 2.24) is 0 Å². The van der Waals surface area contributed by atoms with Crippen molar-refractivity contribution < 1.29 is 9.22 Å². The van der Waals surface area contributed by atoms with Crippen molar-refractivity contribution in [3.8, 4) is 0 Å². The Morgan fingerprint density at radius 2 is 2.00 bits per heavy atom. The largest absolute Gasteiger partial charge is 0.371 e. The average Bonchev–Trinajstić information content (AvgIpc) is 2.60. The summed E-state index contributed by atoms with van der Waals surface area (Å²) in [6.07, 6.45) is 2.65. The average molecular weight is 220 g/mol. The van der Waals surface area contributed by atoms with Crippen molar-refractivity contribution in [3.05, 3.63) is 35.9 Å². The fourth-order valence-electron chi connectivity index (χ4n) is 2.44. The fourth-order valence-corrected chi connectivity index (χ4v) is 2.44. The topological polar surface area (TPSA) is 9.23 Å². The molecule has 0 aliphatic carbocycles. The van der Waals surface area contributed by atoms with Gasteiger partial charge in [-0.25, -0.2) is 0 Å². The summed E-state index contributed by atoms with van der Waals surface area (Å²) >= 11 is 0. The lowest BCUT2D eigenvalue weighted by Crippen LogP contribution is -2.46. The van der Waals surface area contributed by atoms with Crippen molar-refractivity contribution in [1.29, 1.82) is 0 Å². The third-order valence-electron chi connectivity index (χ3n) is 3.68. The minimum Gasteiger partial charge on any atom is -0.371 e. The van der Waals surface area contributed by atoms with Crippen LogP contribution in [0.4, 0.5) is 0 Å². The molecule has 1 unspecified atom stereocenters. The molecule has 2 heteroatoms. The molecular formula is C14H22NO+. The SMILES string of the molecule is C[N+]1(C)CCCC1COCc1ccccc1. The van der Waals surface area contributed by atoms with Gasteiger partial charge in [-0.05, 0) is 5.56 Å². The van der Waals surface area contributed by atoms with Gasteiger partial charge in [0.05, 0.1) is 33.9 Å². The summed E-state index contributed by atoms with van der Waals surface area (Å²) in [6, 6.07) is 11.1. The minimum absolute atomic E-state index is 0.684. The van der Waals surface area contributed by atoms with Crippen LogP contribution in [0.25, 0.3) is 0 Å². The van der Waals surface area contributed by atoms with Gasteiger partial charge in [0.25, 0.3) is 0 Å². The Bertz CT molecular complexity index is 321. The summed E-state index contributed by atoms with van der Waals surface area (Å²) in [4.78, 5) is 0. The van der Waals surface area contributed by atoms with Crippen LogP contribution in [0.15, 0.2) is 30.3 Å². The monoisotopic (exact) mass is 220 g/mol. The van der Waals surface area contributed by atoms with Crippen LogP contribution >= 0.6 is 0 Å². The highest BCUT2D eigenvalue weighted by atomic mass is 16.5. The van der Waals surface area contributed by atoms with E-state index in [1.165, 1.54) is 24.9 Å². The number of nitrogens with zero attached hydrogens (tertiary/aromatic N) is 1. The van der Waals surface area contributed by atoms with Crippen LogP contribution in [0, 0.1) is 0 Å². The number of quaternary nitrogens is 1. The van der Waals surface area contributed by atoms with Gasteiger partial charge in [0, 0.05) is 12.8 Å². The summed E-state index contributed by atoms with van der Waals surface area (Å²) < 4.78 is 6.94. The zero-order valence-corrected chi connectivity index (χ0v) is 10.4. The predicted octanol–water partition coefficient (Wildman–Crippen LogP) is 2.44. The first-order valence-electron chi connectivity index (χ1n) is 6.13. The molecule has 1 fully saturated rings. The molecule has 2 nitrogen and oxygen atoms in total. The van der Waals surface area contributed by atoms with Crippen LogP contribution in [0.5, 0.6) is 0 Å². The van der Waals surface area contributed by atoms with Gasteiger partial charge in [0.1, 0.15) is 6.04 Å². The number of rotatable bonds is 4. The minimum atomic E-state index is 0.684. The molecule has 16 heavy (non-hydrogen) atoms. The third-order valence-corrected chi connectivity index (χ3v) is 3.68. The zero-order valence-electron chi connectivity index (χ0n) is 10.4. The van der Waals surface area contributed by atoms with Gasteiger partial charge in [0.2, 0.25) is 0 Å². The van der Waals surface area contributed by atoms with Gasteiger partial charge >= 0.3 is 0 Å². The molecule has 0 aromatic heterocycles. The van der Waals surface area contributed by atoms with E-state index in [4.69, 9.17) is 4.74 Å². The van der Waals surface area contributed by atoms with Crippen molar-refractivity contribution in [3.63, 3.8) is 0 Å². The van der Waals surface area contributed by atoms with E-state index in [2.05, 4.69) is 38.4 Å². The van der Waals surface area contributed by atoms with Crippen molar-refractivity contribution in [2.75, 3.05) is 27.2 Å². The standard InChI is InChI=1S/C14H22NO/c1-15(2)10-6-9-14(15)12-16-11-13-7-4-3-5-8-13/h3-5,7-8,14H,6,9-12H2,1-2H3/q+1. The summed E-state index contributed by atoms with van der Waals surface area (Å²) in [7, 11) is 4.62. The highest BCUT2D eigenvalue weighted by molar-refractivity contribution is 5.13. The summed E-state index contributed by atoms with van der Waals surface area (Å²) in [6.45, 7) is 2.93. The first-order valence-corrected chi connectivity index (χ1v) is 6.13. The smallest absolute Gasteiger partial charge is 0.112 e. The van der Waals surface area contributed by atoms with Crippen LogP contribution in [-0.4, -0.2) is 37.8 Å². The van der Waals surface area contributed by atoms with E-state index in [0.717, 1.165) is 17.7 Å². The Morgan fingerprint density at radius 1 is 1.25 bits per heavy atom. The van der Waals surface area contributed by atoms with Crippen LogP contribution in [0.1, 0.15) is 18.4 Å². The highest BCUT2D eigenvalue weighted by Crippen LogP contribution is 2.22. The number of likely N-dealkylation sites (tertiary alicyclic amines) is 1. The number of hydrogen-bond acceptors (Lipinski definition) is 1. The second-order valence-corrected chi connectivity index (χ2v) is 5.30. The van der Waals surface area contributed by atoms with E-state index in [9.17, 15) is 0 Å². The van der Waals surface area contributed by atoms with Crippen molar-refractivity contribution in [2.45, 2.75) is 25.5 Å². The maximum absolute atomic E-state index is 5.82. The molecule has 0 saturated carbocycles. The summed E-state index contributed by atoms with van der Waals surface area (Å²) in [5.74, 6) is 0. The first kappa shape index (κ1) is 11.6. The highest BCUT2D eigenvalue weighted by Gasteiger charge is 2.33. The maximum Gasteiger partial charge on any atom is 0.112 e. The lowest BCUT2D eigenvalue weighted by Gasteiger charge is -2.31. The number of benzene rings is 1. The Kier molecular flexibility index (Phi) is 3.62. The Hall–Kier alpha value is -0.860. The van der Waals surface area contributed by atoms with Crippen LogP contribution in [0.2, 0.25) is 0 Å². The molecule has 1 aliphatic heterocycles. The molecule has 0 spiro atoms. The molecule has 0 N–H and O–H groups in total. The molecule has 1 aliphatic rings. The number of likely N-dealkylation sites (N-methyl/N-ethyl adjacent to an activating group) is 1. The van der Waals surface area contributed by atoms with E-state index in [1.54, 1.807) is 0 Å². The number of hydrogen-bond donors (Lipinski definition) is 0. The predicted molar refractivity (Wildman–Crippen MR) is 66.1 cm³/mol. The zero-order chi connectivity index (χ0) is 11.4. The molecule has 1 saturated heterocycles. The summed E-state index contributed by atoms with van der Waals surface area (Å²) in [5.41, 5.74) is 1.27. The maximum atomic E-state index is 5.82. The molecule has 1 atom stereocenters. The molecular weight excluding hydrogens is 198 g/mol. The second kappa shape index (κ2) is 4.98. The van der Waals surface area contributed by atoms with Gasteiger partial charge in [0.15, 0.2) is 0 Å². The van der Waals surface area contributed by atoms with Crippen molar-refractivity contribution >= 4 is 0 Å². The summed E-state index contributed by atoms with van der Waals surface area (Å²) in [5, 5.41) is 0. The lowest BCUT2D eigenvalue weighted by atomic mass is 10.2. The molecule has 0 radical (unpaired) electrons. The molecule has 1 aromatic carbocycles. The molecule has 88 valence electrons. The van der Waals surface area contributed by atoms with E-state index in [-0.39, 0.29) is 0 Å².